The fourth-order valence-electron chi connectivity index (χ4n) is 7.49. The Morgan fingerprint density at radius 2 is 1.90 bits per heavy atom. The monoisotopic (exact) mass is 426 g/mol. The summed E-state index contributed by atoms with van der Waals surface area (Å²) in [6.45, 7) is 16.6. The van der Waals surface area contributed by atoms with E-state index in [-0.39, 0.29) is 6.10 Å². The fraction of sp³-hybridized carbons (Fsp3) is 0.800. The van der Waals surface area contributed by atoms with Gasteiger partial charge in [-0.15, -0.1) is 0 Å². The largest absolute Gasteiger partial charge is 0.388 e. The molecule has 3 aliphatic carbocycles. The first-order valence-electron chi connectivity index (χ1n) is 13.5. The molecule has 4 unspecified atom stereocenters. The molecule has 0 aromatic carbocycles. The normalized spacial score (nSPS) is 36.6. The van der Waals surface area contributed by atoms with Crippen molar-refractivity contribution in [2.75, 3.05) is 0 Å². The summed E-state index contributed by atoms with van der Waals surface area (Å²) < 4.78 is 0. The van der Waals surface area contributed by atoms with E-state index in [1.165, 1.54) is 69.8 Å². The minimum Gasteiger partial charge on any atom is -0.388 e. The molecule has 31 heavy (non-hydrogen) atoms. The zero-order valence-corrected chi connectivity index (χ0v) is 21.3. The molecule has 1 N–H and O–H groups in total. The third kappa shape index (κ3) is 5.40. The first kappa shape index (κ1) is 24.8. The van der Waals surface area contributed by atoms with Gasteiger partial charge in [0.1, 0.15) is 0 Å². The zero-order chi connectivity index (χ0) is 22.6. The number of hydrogen-bond acceptors (Lipinski definition) is 1. The summed E-state index contributed by atoms with van der Waals surface area (Å²) >= 11 is 0. The van der Waals surface area contributed by atoms with Gasteiger partial charge in [-0.1, -0.05) is 84.6 Å². The third-order valence-electron chi connectivity index (χ3n) is 9.63. The maximum absolute atomic E-state index is 10.2. The van der Waals surface area contributed by atoms with Gasteiger partial charge in [0, 0.05) is 0 Å². The van der Waals surface area contributed by atoms with Gasteiger partial charge >= 0.3 is 0 Å². The first-order valence-corrected chi connectivity index (χ1v) is 13.5. The Morgan fingerprint density at radius 1 is 1.13 bits per heavy atom. The van der Waals surface area contributed by atoms with Gasteiger partial charge in [0.25, 0.3) is 0 Å². The van der Waals surface area contributed by atoms with E-state index in [4.69, 9.17) is 0 Å². The lowest BCUT2D eigenvalue weighted by Crippen LogP contribution is -2.39. The molecule has 1 heteroatoms. The van der Waals surface area contributed by atoms with E-state index in [1.54, 1.807) is 5.57 Å². The molecule has 0 aromatic heterocycles. The molecule has 0 radical (unpaired) electrons. The van der Waals surface area contributed by atoms with Crippen LogP contribution < -0.4 is 0 Å². The molecular weight excluding hydrogens is 376 g/mol. The second kappa shape index (κ2) is 10.4. The number of aliphatic hydroxyl groups is 1. The Balaban J connectivity index is 1.83. The molecule has 3 fully saturated rings. The highest BCUT2D eigenvalue weighted by Crippen LogP contribution is 2.62. The van der Waals surface area contributed by atoms with Crippen LogP contribution in [0.2, 0.25) is 0 Å². The zero-order valence-electron chi connectivity index (χ0n) is 21.3. The second-order valence-electron chi connectivity index (χ2n) is 12.1. The van der Waals surface area contributed by atoms with E-state index in [2.05, 4.69) is 53.3 Å². The number of fused-ring (bicyclic) bond motifs is 1. The quantitative estimate of drug-likeness (QED) is 0.431. The highest BCUT2D eigenvalue weighted by molar-refractivity contribution is 5.37. The molecule has 0 bridgehead atoms. The van der Waals surface area contributed by atoms with Crippen LogP contribution in [-0.2, 0) is 0 Å². The van der Waals surface area contributed by atoms with Crippen LogP contribution in [0.25, 0.3) is 0 Å². The third-order valence-corrected chi connectivity index (χ3v) is 9.63. The SMILES string of the molecule is C=C1/C(=C\C=C2/CCCCC3(C)C2CC[C@@H]3C(C)(CC)CCCC(C)C)CCCC1O. The summed E-state index contributed by atoms with van der Waals surface area (Å²) in [6, 6.07) is 0. The Labute approximate surface area is 193 Å². The van der Waals surface area contributed by atoms with Crippen molar-refractivity contribution in [2.24, 2.45) is 28.6 Å². The van der Waals surface area contributed by atoms with Gasteiger partial charge in [-0.3, -0.25) is 0 Å². The predicted molar refractivity (Wildman–Crippen MR) is 135 cm³/mol. The summed E-state index contributed by atoms with van der Waals surface area (Å²) in [7, 11) is 0. The molecule has 3 aliphatic rings. The van der Waals surface area contributed by atoms with Crippen molar-refractivity contribution in [1.29, 1.82) is 0 Å². The van der Waals surface area contributed by atoms with E-state index in [1.807, 2.05) is 0 Å². The molecule has 0 saturated heterocycles. The average molecular weight is 427 g/mol. The van der Waals surface area contributed by atoms with Crippen molar-refractivity contribution in [2.45, 2.75) is 124 Å². The average Bonchev–Trinajstić information content (AvgIpc) is 2.99. The summed E-state index contributed by atoms with van der Waals surface area (Å²) in [5.41, 5.74) is 4.88. The molecule has 0 spiro atoms. The van der Waals surface area contributed by atoms with Crippen molar-refractivity contribution >= 4 is 0 Å². The summed E-state index contributed by atoms with van der Waals surface area (Å²) in [6.07, 6.45) is 21.2. The summed E-state index contributed by atoms with van der Waals surface area (Å²) in [5, 5.41) is 10.2. The second-order valence-corrected chi connectivity index (χ2v) is 12.1. The van der Waals surface area contributed by atoms with Crippen LogP contribution in [0.4, 0.5) is 0 Å². The van der Waals surface area contributed by atoms with Crippen LogP contribution >= 0.6 is 0 Å². The highest BCUT2D eigenvalue weighted by Gasteiger charge is 2.53. The van der Waals surface area contributed by atoms with Crippen LogP contribution in [0, 0.1) is 28.6 Å². The van der Waals surface area contributed by atoms with Crippen molar-refractivity contribution in [1.82, 2.24) is 0 Å². The Hall–Kier alpha value is -0.820. The molecule has 1 nitrogen and oxygen atoms in total. The van der Waals surface area contributed by atoms with Crippen molar-refractivity contribution < 1.29 is 5.11 Å². The molecule has 0 aliphatic heterocycles. The molecule has 0 heterocycles. The van der Waals surface area contributed by atoms with Crippen LogP contribution in [0.1, 0.15) is 118 Å². The van der Waals surface area contributed by atoms with Gasteiger partial charge < -0.3 is 5.11 Å². The van der Waals surface area contributed by atoms with Crippen LogP contribution in [-0.4, -0.2) is 11.2 Å². The molecule has 3 saturated carbocycles. The minimum atomic E-state index is -0.329. The fourth-order valence-corrected chi connectivity index (χ4v) is 7.49. The van der Waals surface area contributed by atoms with Gasteiger partial charge in [0.05, 0.1) is 6.10 Å². The standard InChI is InChI=1S/C30H50O/c1-7-29(5,20-11-12-22(2)3)28-19-18-26-25(13-8-9-21-30(26,28)6)17-16-24-14-10-15-27(31)23(24)4/h16-17,22,26-28,31H,4,7-15,18-21H2,1-3,5-6H3/b24-16-,25-17+/t26?,27?,28-,29?,30?/m1/s1. The summed E-state index contributed by atoms with van der Waals surface area (Å²) in [4.78, 5) is 0. The number of hydrogen-bond donors (Lipinski definition) is 1. The maximum atomic E-state index is 10.2. The van der Waals surface area contributed by atoms with E-state index in [9.17, 15) is 5.11 Å². The van der Waals surface area contributed by atoms with Crippen LogP contribution in [0.15, 0.2) is 35.5 Å². The molecular formula is C30H50O. The van der Waals surface area contributed by atoms with Crippen molar-refractivity contribution in [3.05, 3.63) is 35.5 Å². The van der Waals surface area contributed by atoms with Crippen LogP contribution in [0.3, 0.4) is 0 Å². The van der Waals surface area contributed by atoms with E-state index in [0.29, 0.717) is 10.8 Å². The molecule has 0 amide bonds. The predicted octanol–water partition coefficient (Wildman–Crippen LogP) is 8.79. The van der Waals surface area contributed by atoms with E-state index < -0.39 is 0 Å². The van der Waals surface area contributed by atoms with E-state index in [0.717, 1.165) is 42.6 Å². The van der Waals surface area contributed by atoms with E-state index >= 15 is 0 Å². The number of aliphatic hydroxyl groups excluding tert-OH is 1. The van der Waals surface area contributed by atoms with Gasteiger partial charge in [-0.05, 0) is 97.5 Å². The topological polar surface area (TPSA) is 20.2 Å². The molecule has 0 aromatic rings. The highest BCUT2D eigenvalue weighted by atomic mass is 16.3. The molecule has 5 atom stereocenters. The Morgan fingerprint density at radius 3 is 2.61 bits per heavy atom. The van der Waals surface area contributed by atoms with Gasteiger partial charge in [0.15, 0.2) is 0 Å². The van der Waals surface area contributed by atoms with Gasteiger partial charge in [0.2, 0.25) is 0 Å². The molecule has 176 valence electrons. The Bertz CT molecular complexity index is 683. The minimum absolute atomic E-state index is 0.329. The maximum Gasteiger partial charge on any atom is 0.0787 e. The first-order chi connectivity index (χ1) is 14.7. The van der Waals surface area contributed by atoms with Gasteiger partial charge in [-0.25, -0.2) is 0 Å². The van der Waals surface area contributed by atoms with Gasteiger partial charge in [-0.2, -0.15) is 0 Å². The lowest BCUT2D eigenvalue weighted by molar-refractivity contribution is 0.0353. The summed E-state index contributed by atoms with van der Waals surface area (Å²) in [5.74, 6) is 2.42. The lowest BCUT2D eigenvalue weighted by Gasteiger charge is -2.47. The smallest absolute Gasteiger partial charge is 0.0787 e. The van der Waals surface area contributed by atoms with Crippen LogP contribution in [0.5, 0.6) is 0 Å². The van der Waals surface area contributed by atoms with Crippen molar-refractivity contribution in [3.63, 3.8) is 0 Å². The number of allylic oxidation sites excluding steroid dienone is 3. The lowest BCUT2D eigenvalue weighted by atomic mass is 9.58. The number of rotatable bonds is 7. The molecule has 3 rings (SSSR count). The van der Waals surface area contributed by atoms with Crippen molar-refractivity contribution in [3.8, 4) is 0 Å². The Kier molecular flexibility index (Phi) is 8.33.